The van der Waals surface area contributed by atoms with Crippen molar-refractivity contribution in [3.8, 4) is 0 Å². The zero-order valence-electron chi connectivity index (χ0n) is 14.6. The van der Waals surface area contributed by atoms with E-state index in [1.807, 2.05) is 4.90 Å². The number of allylic oxidation sites excluding steroid dienone is 1. The first-order valence-electron chi connectivity index (χ1n) is 8.26. The lowest BCUT2D eigenvalue weighted by Crippen LogP contribution is -2.34. The van der Waals surface area contributed by atoms with Gasteiger partial charge in [-0.1, -0.05) is 30.0 Å². The zero-order chi connectivity index (χ0) is 19.1. The quantitative estimate of drug-likeness (QED) is 0.725. The van der Waals surface area contributed by atoms with E-state index in [2.05, 4.69) is 4.99 Å². The first kappa shape index (κ1) is 18.8. The van der Waals surface area contributed by atoms with Gasteiger partial charge in [0.15, 0.2) is 5.17 Å². The lowest BCUT2D eigenvalue weighted by atomic mass is 9.97. The number of esters is 1. The molecule has 0 saturated heterocycles. The predicted octanol–water partition coefficient (Wildman–Crippen LogP) is 4.39. The molecule has 0 spiro atoms. The number of halogens is 3. The summed E-state index contributed by atoms with van der Waals surface area (Å²) in [5.41, 5.74) is 0.162. The van der Waals surface area contributed by atoms with Crippen LogP contribution in [0, 0.1) is 0 Å². The second kappa shape index (κ2) is 6.98. The summed E-state index contributed by atoms with van der Waals surface area (Å²) in [4.78, 5) is 18.9. The van der Waals surface area contributed by atoms with Crippen LogP contribution in [0.3, 0.4) is 0 Å². The van der Waals surface area contributed by atoms with Crippen molar-refractivity contribution >= 4 is 22.9 Å². The van der Waals surface area contributed by atoms with Gasteiger partial charge in [0.2, 0.25) is 0 Å². The van der Waals surface area contributed by atoms with Crippen molar-refractivity contribution in [2.24, 2.45) is 4.99 Å². The molecule has 0 amide bonds. The summed E-state index contributed by atoms with van der Waals surface area (Å²) in [5.74, 6) is -0.585. The van der Waals surface area contributed by atoms with Crippen LogP contribution in [0.1, 0.15) is 37.1 Å². The molecule has 1 atom stereocenters. The Bertz CT molecular complexity index is 787. The van der Waals surface area contributed by atoms with Gasteiger partial charge in [0.25, 0.3) is 0 Å². The van der Waals surface area contributed by atoms with E-state index in [4.69, 9.17) is 4.74 Å². The SMILES string of the molecule is CC1=C(C(=O)OC(C)C)C(c2ccccc2C(F)(F)F)SC2=NCCN21. The molecule has 0 fully saturated rings. The fraction of sp³-hybridized carbons (Fsp3) is 0.444. The zero-order valence-corrected chi connectivity index (χ0v) is 15.4. The van der Waals surface area contributed by atoms with Gasteiger partial charge >= 0.3 is 12.1 Å². The van der Waals surface area contributed by atoms with E-state index >= 15 is 0 Å². The van der Waals surface area contributed by atoms with Gasteiger partial charge in [-0.15, -0.1) is 0 Å². The fourth-order valence-corrected chi connectivity index (χ4v) is 4.52. The van der Waals surface area contributed by atoms with Crippen molar-refractivity contribution < 1.29 is 22.7 Å². The molecule has 1 aromatic rings. The molecular formula is C18H19F3N2O2S. The number of carbonyl (C=O) groups excluding carboxylic acids is 1. The first-order valence-corrected chi connectivity index (χ1v) is 9.14. The maximum atomic E-state index is 13.5. The van der Waals surface area contributed by atoms with Crippen molar-refractivity contribution in [2.75, 3.05) is 13.1 Å². The van der Waals surface area contributed by atoms with Crippen molar-refractivity contribution in [3.05, 3.63) is 46.7 Å². The van der Waals surface area contributed by atoms with Crippen LogP contribution in [0.4, 0.5) is 13.2 Å². The Morgan fingerprint density at radius 2 is 2.04 bits per heavy atom. The lowest BCUT2D eigenvalue weighted by molar-refractivity contribution is -0.143. The standard InChI is InChI=1S/C18H19F3N2O2S/c1-10(2)25-16(24)14-11(3)23-9-8-22-17(23)26-15(14)12-6-4-5-7-13(12)18(19,20)21/h4-7,10,15H,8-9H2,1-3H3. The van der Waals surface area contributed by atoms with Crippen LogP contribution < -0.4 is 0 Å². The highest BCUT2D eigenvalue weighted by Gasteiger charge is 2.42. The van der Waals surface area contributed by atoms with E-state index in [9.17, 15) is 18.0 Å². The largest absolute Gasteiger partial charge is 0.460 e. The number of alkyl halides is 3. The molecule has 1 aromatic carbocycles. The van der Waals surface area contributed by atoms with Crippen LogP contribution in [0.25, 0.3) is 0 Å². The van der Waals surface area contributed by atoms with Crippen LogP contribution in [0.5, 0.6) is 0 Å². The number of ether oxygens (including phenoxy) is 1. The summed E-state index contributed by atoms with van der Waals surface area (Å²) in [7, 11) is 0. The molecule has 8 heteroatoms. The molecule has 140 valence electrons. The number of nitrogens with zero attached hydrogens (tertiary/aromatic N) is 2. The minimum absolute atomic E-state index is 0.0503. The number of carbonyl (C=O) groups is 1. The van der Waals surface area contributed by atoms with Crippen molar-refractivity contribution in [3.63, 3.8) is 0 Å². The molecule has 0 N–H and O–H groups in total. The smallest absolute Gasteiger partial charge is 0.416 e. The third-order valence-corrected chi connectivity index (χ3v) is 5.48. The minimum atomic E-state index is -4.51. The second-order valence-electron chi connectivity index (χ2n) is 6.35. The number of hydrogen-bond acceptors (Lipinski definition) is 5. The lowest BCUT2D eigenvalue weighted by Gasteiger charge is -2.34. The maximum Gasteiger partial charge on any atom is 0.416 e. The van der Waals surface area contributed by atoms with Gasteiger partial charge in [0.1, 0.15) is 0 Å². The van der Waals surface area contributed by atoms with Gasteiger partial charge in [-0.3, -0.25) is 4.99 Å². The molecule has 2 heterocycles. The summed E-state index contributed by atoms with van der Waals surface area (Å²) in [5, 5.41) is -0.169. The van der Waals surface area contributed by atoms with E-state index in [1.165, 1.54) is 23.9 Å². The van der Waals surface area contributed by atoms with E-state index < -0.39 is 23.0 Å². The molecule has 2 aliphatic rings. The van der Waals surface area contributed by atoms with Gasteiger partial charge in [-0.05, 0) is 32.4 Å². The summed E-state index contributed by atoms with van der Waals surface area (Å²) < 4.78 is 45.9. The van der Waals surface area contributed by atoms with Crippen molar-refractivity contribution in [2.45, 2.75) is 38.3 Å². The van der Waals surface area contributed by atoms with Gasteiger partial charge < -0.3 is 9.64 Å². The Kier molecular flexibility index (Phi) is 5.05. The number of thioether (sulfide) groups is 1. The van der Waals surface area contributed by atoms with E-state index in [0.29, 0.717) is 24.0 Å². The number of amidine groups is 1. The van der Waals surface area contributed by atoms with Gasteiger partial charge in [-0.25, -0.2) is 4.79 Å². The monoisotopic (exact) mass is 384 g/mol. The maximum absolute atomic E-state index is 13.5. The highest BCUT2D eigenvalue weighted by Crippen LogP contribution is 2.48. The summed E-state index contributed by atoms with van der Waals surface area (Å²) in [6.07, 6.45) is -4.87. The number of aliphatic imine (C=N–C) groups is 1. The van der Waals surface area contributed by atoms with Crippen LogP contribution in [0.2, 0.25) is 0 Å². The van der Waals surface area contributed by atoms with Crippen LogP contribution >= 0.6 is 11.8 Å². The number of benzene rings is 1. The average molecular weight is 384 g/mol. The molecular weight excluding hydrogens is 365 g/mol. The Morgan fingerprint density at radius 3 is 2.69 bits per heavy atom. The summed E-state index contributed by atoms with van der Waals surface area (Å²) >= 11 is 1.17. The first-order chi connectivity index (χ1) is 12.2. The highest BCUT2D eigenvalue weighted by atomic mass is 32.2. The van der Waals surface area contributed by atoms with Gasteiger partial charge in [-0.2, -0.15) is 13.2 Å². The molecule has 0 aliphatic carbocycles. The molecule has 0 saturated carbocycles. The highest BCUT2D eigenvalue weighted by molar-refractivity contribution is 8.14. The van der Waals surface area contributed by atoms with Crippen molar-refractivity contribution in [1.82, 2.24) is 4.90 Å². The third kappa shape index (κ3) is 3.47. The summed E-state index contributed by atoms with van der Waals surface area (Å²) in [6, 6.07) is 5.36. The Labute approximate surface area is 154 Å². The molecule has 0 radical (unpaired) electrons. The summed E-state index contributed by atoms with van der Waals surface area (Å²) in [6.45, 7) is 6.33. The fourth-order valence-electron chi connectivity index (χ4n) is 3.07. The average Bonchev–Trinajstić information content (AvgIpc) is 3.02. The molecule has 1 unspecified atom stereocenters. The van der Waals surface area contributed by atoms with Crippen LogP contribution in [0.15, 0.2) is 40.5 Å². The molecule has 2 aliphatic heterocycles. The Balaban J connectivity index is 2.14. The Morgan fingerprint density at radius 1 is 1.35 bits per heavy atom. The van der Waals surface area contributed by atoms with Gasteiger partial charge in [0, 0.05) is 12.2 Å². The second-order valence-corrected chi connectivity index (χ2v) is 7.42. The third-order valence-electron chi connectivity index (χ3n) is 4.19. The van der Waals surface area contributed by atoms with Gasteiger partial charge in [0.05, 0.1) is 29.0 Å². The van der Waals surface area contributed by atoms with Crippen molar-refractivity contribution in [1.29, 1.82) is 0 Å². The number of hydrogen-bond donors (Lipinski definition) is 0. The van der Waals surface area contributed by atoms with Crippen LogP contribution in [-0.2, 0) is 15.7 Å². The molecule has 0 aromatic heterocycles. The predicted molar refractivity (Wildman–Crippen MR) is 94.7 cm³/mol. The normalized spacial score (nSPS) is 20.3. The molecule has 4 nitrogen and oxygen atoms in total. The molecule has 3 rings (SSSR count). The van der Waals surface area contributed by atoms with Crippen LogP contribution in [-0.4, -0.2) is 35.2 Å². The number of rotatable bonds is 3. The Hall–Kier alpha value is -1.96. The molecule has 0 bridgehead atoms. The van der Waals surface area contributed by atoms with E-state index in [-0.39, 0.29) is 17.2 Å². The molecule has 26 heavy (non-hydrogen) atoms. The van der Waals surface area contributed by atoms with E-state index in [1.54, 1.807) is 26.8 Å². The number of fused-ring (bicyclic) bond motifs is 1. The minimum Gasteiger partial charge on any atom is -0.460 e. The topological polar surface area (TPSA) is 41.9 Å². The van der Waals surface area contributed by atoms with E-state index in [0.717, 1.165) is 6.07 Å².